The topological polar surface area (TPSA) is 87.7 Å². The Balaban J connectivity index is 1.85. The van der Waals surface area contributed by atoms with E-state index < -0.39 is 11.7 Å². The minimum absolute atomic E-state index is 0.0969. The van der Waals surface area contributed by atoms with Gasteiger partial charge in [0.1, 0.15) is 5.60 Å². The van der Waals surface area contributed by atoms with E-state index in [1.54, 1.807) is 20.8 Å². The number of hydrogen-bond acceptors (Lipinski definition) is 4. The van der Waals surface area contributed by atoms with Crippen molar-refractivity contribution in [1.82, 2.24) is 15.8 Å². The zero-order chi connectivity index (χ0) is 17.1. The highest BCUT2D eigenvalue weighted by Crippen LogP contribution is 2.38. The monoisotopic (exact) mass is 325 g/mol. The van der Waals surface area contributed by atoms with Gasteiger partial charge in [-0.2, -0.15) is 0 Å². The van der Waals surface area contributed by atoms with Crippen molar-refractivity contribution in [1.29, 1.82) is 0 Å². The average Bonchev–Trinajstić information content (AvgIpc) is 2.73. The van der Waals surface area contributed by atoms with E-state index in [0.29, 0.717) is 6.42 Å². The standard InChI is InChI=1S/C16H27N3O4/c1-15(2,3)23-14(22)17-10-7-13(21)19-16(11-12(20)18-19)8-5-4-6-9-16/h4-11H2,1-3H3,(H,17,22)(H,18,20). The third-order valence-corrected chi connectivity index (χ3v) is 4.24. The maximum absolute atomic E-state index is 12.5. The maximum Gasteiger partial charge on any atom is 0.407 e. The van der Waals surface area contributed by atoms with Crippen LogP contribution < -0.4 is 10.7 Å². The fourth-order valence-electron chi connectivity index (χ4n) is 3.30. The molecule has 1 saturated heterocycles. The maximum atomic E-state index is 12.5. The van der Waals surface area contributed by atoms with Crippen LogP contribution in [0.4, 0.5) is 4.79 Å². The molecule has 7 heteroatoms. The second kappa shape index (κ2) is 6.76. The summed E-state index contributed by atoms with van der Waals surface area (Å²) >= 11 is 0. The summed E-state index contributed by atoms with van der Waals surface area (Å²) in [6.07, 6.45) is 4.93. The van der Waals surface area contributed by atoms with Crippen LogP contribution in [0, 0.1) is 0 Å². The van der Waals surface area contributed by atoms with Gasteiger partial charge in [-0.15, -0.1) is 0 Å². The van der Waals surface area contributed by atoms with Crippen molar-refractivity contribution in [3.8, 4) is 0 Å². The van der Waals surface area contributed by atoms with Crippen molar-refractivity contribution < 1.29 is 19.1 Å². The molecule has 2 aliphatic rings. The van der Waals surface area contributed by atoms with E-state index >= 15 is 0 Å². The lowest BCUT2D eigenvalue weighted by atomic mass is 9.79. The van der Waals surface area contributed by atoms with Gasteiger partial charge in [0.25, 0.3) is 0 Å². The molecule has 2 rings (SSSR count). The molecule has 1 aliphatic heterocycles. The Bertz CT molecular complexity index is 478. The molecule has 23 heavy (non-hydrogen) atoms. The minimum atomic E-state index is -0.566. The summed E-state index contributed by atoms with van der Waals surface area (Å²) in [4.78, 5) is 35.8. The van der Waals surface area contributed by atoms with E-state index in [2.05, 4.69) is 10.7 Å². The number of carbonyl (C=O) groups is 3. The molecular formula is C16H27N3O4. The number of rotatable bonds is 3. The molecule has 2 N–H and O–H groups in total. The summed E-state index contributed by atoms with van der Waals surface area (Å²) in [7, 11) is 0. The van der Waals surface area contributed by atoms with Crippen LogP contribution in [0.2, 0.25) is 0 Å². The van der Waals surface area contributed by atoms with Gasteiger partial charge in [-0.3, -0.25) is 15.0 Å². The van der Waals surface area contributed by atoms with Gasteiger partial charge >= 0.3 is 6.09 Å². The predicted molar refractivity (Wildman–Crippen MR) is 84.3 cm³/mol. The Kier molecular flexibility index (Phi) is 5.16. The Morgan fingerprint density at radius 3 is 2.52 bits per heavy atom. The van der Waals surface area contributed by atoms with Crippen LogP contribution in [0.15, 0.2) is 0 Å². The van der Waals surface area contributed by atoms with E-state index in [4.69, 9.17) is 4.74 Å². The number of hydrazine groups is 1. The lowest BCUT2D eigenvalue weighted by molar-refractivity contribution is -0.142. The van der Waals surface area contributed by atoms with Gasteiger partial charge in [0.2, 0.25) is 11.8 Å². The number of ether oxygens (including phenoxy) is 1. The number of amides is 3. The lowest BCUT2D eigenvalue weighted by Gasteiger charge is -2.39. The van der Waals surface area contributed by atoms with Crippen LogP contribution in [-0.2, 0) is 14.3 Å². The summed E-state index contributed by atoms with van der Waals surface area (Å²) in [6, 6.07) is 0. The van der Waals surface area contributed by atoms with Gasteiger partial charge in [0, 0.05) is 13.0 Å². The molecule has 1 saturated carbocycles. The van der Waals surface area contributed by atoms with E-state index in [1.807, 2.05) is 0 Å². The van der Waals surface area contributed by atoms with Crippen LogP contribution in [-0.4, -0.2) is 40.6 Å². The highest BCUT2D eigenvalue weighted by atomic mass is 16.6. The molecule has 0 atom stereocenters. The van der Waals surface area contributed by atoms with Crippen molar-refractivity contribution >= 4 is 17.9 Å². The third kappa shape index (κ3) is 4.59. The van der Waals surface area contributed by atoms with Crippen LogP contribution >= 0.6 is 0 Å². The molecule has 130 valence electrons. The Labute approximate surface area is 137 Å². The normalized spacial score (nSPS) is 20.3. The van der Waals surface area contributed by atoms with Crippen molar-refractivity contribution in [3.63, 3.8) is 0 Å². The number of nitrogens with one attached hydrogen (secondary N) is 2. The molecule has 1 aliphatic carbocycles. The van der Waals surface area contributed by atoms with Crippen LogP contribution in [0.25, 0.3) is 0 Å². The quantitative estimate of drug-likeness (QED) is 0.829. The predicted octanol–water partition coefficient (Wildman–Crippen LogP) is 1.87. The molecule has 7 nitrogen and oxygen atoms in total. The summed E-state index contributed by atoms with van der Waals surface area (Å²) in [6.45, 7) is 5.54. The fourth-order valence-corrected chi connectivity index (χ4v) is 3.30. The molecule has 0 radical (unpaired) electrons. The Hall–Kier alpha value is -1.79. The van der Waals surface area contributed by atoms with Gasteiger partial charge in [-0.25, -0.2) is 9.80 Å². The molecule has 0 aromatic carbocycles. The van der Waals surface area contributed by atoms with Gasteiger partial charge in [-0.1, -0.05) is 19.3 Å². The van der Waals surface area contributed by atoms with Crippen molar-refractivity contribution in [3.05, 3.63) is 0 Å². The van der Waals surface area contributed by atoms with E-state index in [9.17, 15) is 14.4 Å². The first-order valence-corrected chi connectivity index (χ1v) is 8.31. The molecule has 0 bridgehead atoms. The number of nitrogens with zero attached hydrogens (tertiary/aromatic N) is 1. The third-order valence-electron chi connectivity index (χ3n) is 4.24. The van der Waals surface area contributed by atoms with Crippen molar-refractivity contribution in [2.45, 2.75) is 76.9 Å². The summed E-state index contributed by atoms with van der Waals surface area (Å²) in [5.41, 5.74) is 1.76. The number of carbonyl (C=O) groups excluding carboxylic acids is 3. The lowest BCUT2D eigenvalue weighted by Crippen LogP contribution is -2.53. The SMILES string of the molecule is CC(C)(C)OC(=O)NCCC(=O)N1NC(=O)CC12CCCCC2. The van der Waals surface area contributed by atoms with Crippen LogP contribution in [0.3, 0.4) is 0 Å². The van der Waals surface area contributed by atoms with Gasteiger partial charge in [-0.05, 0) is 33.6 Å². The number of alkyl carbamates (subject to hydrolysis) is 1. The van der Waals surface area contributed by atoms with Crippen LogP contribution in [0.1, 0.15) is 65.7 Å². The first-order chi connectivity index (χ1) is 10.7. The molecule has 1 heterocycles. The fraction of sp³-hybridized carbons (Fsp3) is 0.812. The van der Waals surface area contributed by atoms with E-state index in [1.165, 1.54) is 5.01 Å². The van der Waals surface area contributed by atoms with Gasteiger partial charge < -0.3 is 10.1 Å². The Morgan fingerprint density at radius 1 is 1.26 bits per heavy atom. The summed E-state index contributed by atoms with van der Waals surface area (Å²) in [5, 5.41) is 4.09. The average molecular weight is 325 g/mol. The van der Waals surface area contributed by atoms with E-state index in [0.717, 1.165) is 32.1 Å². The molecule has 0 aromatic heterocycles. The molecule has 0 aromatic rings. The zero-order valence-corrected chi connectivity index (χ0v) is 14.2. The van der Waals surface area contributed by atoms with Gasteiger partial charge in [0.15, 0.2) is 0 Å². The summed E-state index contributed by atoms with van der Waals surface area (Å²) < 4.78 is 5.13. The molecule has 2 fully saturated rings. The molecule has 0 unspecified atom stereocenters. The first-order valence-electron chi connectivity index (χ1n) is 8.31. The largest absolute Gasteiger partial charge is 0.444 e. The van der Waals surface area contributed by atoms with E-state index in [-0.39, 0.29) is 30.3 Å². The van der Waals surface area contributed by atoms with Crippen LogP contribution in [0.5, 0.6) is 0 Å². The second-order valence-corrected chi connectivity index (χ2v) is 7.40. The first kappa shape index (κ1) is 17.6. The molecular weight excluding hydrogens is 298 g/mol. The minimum Gasteiger partial charge on any atom is -0.444 e. The smallest absolute Gasteiger partial charge is 0.407 e. The molecule has 3 amide bonds. The Morgan fingerprint density at radius 2 is 1.91 bits per heavy atom. The van der Waals surface area contributed by atoms with Crippen molar-refractivity contribution in [2.24, 2.45) is 0 Å². The highest BCUT2D eigenvalue weighted by Gasteiger charge is 2.47. The number of hydrogen-bond donors (Lipinski definition) is 2. The summed E-state index contributed by atoms with van der Waals surface area (Å²) in [5.74, 6) is -0.255. The van der Waals surface area contributed by atoms with Crippen molar-refractivity contribution in [2.75, 3.05) is 6.54 Å². The zero-order valence-electron chi connectivity index (χ0n) is 14.2. The highest BCUT2D eigenvalue weighted by molar-refractivity contribution is 5.87. The molecule has 1 spiro atoms. The second-order valence-electron chi connectivity index (χ2n) is 7.40. The van der Waals surface area contributed by atoms with Gasteiger partial charge in [0.05, 0.1) is 12.0 Å².